The molecule has 0 bridgehead atoms. The van der Waals surface area contributed by atoms with Crippen LogP contribution < -0.4 is 5.32 Å². The van der Waals surface area contributed by atoms with Gasteiger partial charge in [-0.1, -0.05) is 6.07 Å². The molecule has 0 spiro atoms. The maximum Gasteiger partial charge on any atom is 0.226 e. The van der Waals surface area contributed by atoms with Crippen LogP contribution in [0.2, 0.25) is 0 Å². The first kappa shape index (κ1) is 19.2. The molecule has 1 aliphatic carbocycles. The highest BCUT2D eigenvalue weighted by atomic mass is 32.1. The Morgan fingerprint density at radius 3 is 2.97 bits per heavy atom. The van der Waals surface area contributed by atoms with Gasteiger partial charge in [-0.15, -0.1) is 11.3 Å². The molecule has 1 aromatic carbocycles. The highest BCUT2D eigenvalue weighted by molar-refractivity contribution is 7.19. The van der Waals surface area contributed by atoms with Crippen molar-refractivity contribution < 1.29 is 4.79 Å². The van der Waals surface area contributed by atoms with Crippen LogP contribution in [-0.2, 0) is 24.2 Å². The van der Waals surface area contributed by atoms with E-state index in [4.69, 9.17) is 0 Å². The van der Waals surface area contributed by atoms with Crippen molar-refractivity contribution in [3.8, 4) is 0 Å². The molecule has 2 aliphatic rings. The minimum Gasteiger partial charge on any atom is -0.343 e. The molecule has 3 heterocycles. The van der Waals surface area contributed by atoms with Gasteiger partial charge in [0.15, 0.2) is 0 Å². The first-order chi connectivity index (χ1) is 14.7. The number of aromatic nitrogens is 2. The Kier molecular flexibility index (Phi) is 4.98. The zero-order valence-corrected chi connectivity index (χ0v) is 18.1. The molecular weight excluding hydrogens is 394 g/mol. The monoisotopic (exact) mass is 419 g/mol. The molecule has 30 heavy (non-hydrogen) atoms. The zero-order valence-electron chi connectivity index (χ0n) is 17.3. The fourth-order valence-electron chi connectivity index (χ4n) is 4.53. The number of hydrogen-bond donors (Lipinski definition) is 1. The third-order valence-corrected chi connectivity index (χ3v) is 7.33. The smallest absolute Gasteiger partial charge is 0.226 e. The fraction of sp³-hybridized carbons (Fsp3) is 0.391. The van der Waals surface area contributed by atoms with E-state index in [-0.39, 0.29) is 11.8 Å². The van der Waals surface area contributed by atoms with Gasteiger partial charge >= 0.3 is 0 Å². The molecule has 2 aromatic heterocycles. The minimum atomic E-state index is 0.0748. The molecule has 1 amide bonds. The van der Waals surface area contributed by atoms with E-state index >= 15 is 0 Å². The van der Waals surface area contributed by atoms with Crippen LogP contribution in [0.4, 0.5) is 11.5 Å². The third-order valence-electron chi connectivity index (χ3n) is 6.17. The van der Waals surface area contributed by atoms with Gasteiger partial charge in [-0.3, -0.25) is 9.79 Å². The van der Waals surface area contributed by atoms with Gasteiger partial charge in [-0.2, -0.15) is 0 Å². The Hall–Kier alpha value is -2.80. The molecule has 3 aromatic rings. The standard InChI is InChI=1S/C23H25N5OS/c1-3-28(4-2)23(29)14-6-8-18-19(10-14)30-22-20(18)21(25-13-26-22)27-17-7-5-15-11-24-12-16(15)9-17/h5,7,9,12-14H,3-4,6,8,10-11H2,1-2H3,(H,25,26,27). The molecule has 5 rings (SSSR count). The van der Waals surface area contributed by atoms with Gasteiger partial charge in [0, 0.05) is 35.8 Å². The molecule has 1 unspecified atom stereocenters. The van der Waals surface area contributed by atoms with Crippen LogP contribution in [0.1, 0.15) is 41.8 Å². The summed E-state index contributed by atoms with van der Waals surface area (Å²) < 4.78 is 0. The molecule has 1 aliphatic heterocycles. The molecule has 7 heteroatoms. The first-order valence-corrected chi connectivity index (χ1v) is 11.4. The Morgan fingerprint density at radius 2 is 2.13 bits per heavy atom. The Balaban J connectivity index is 1.46. The van der Waals surface area contributed by atoms with E-state index in [9.17, 15) is 4.79 Å². The van der Waals surface area contributed by atoms with Gasteiger partial charge in [0.2, 0.25) is 5.91 Å². The van der Waals surface area contributed by atoms with Gasteiger partial charge < -0.3 is 10.2 Å². The Morgan fingerprint density at radius 1 is 1.27 bits per heavy atom. The molecule has 6 nitrogen and oxygen atoms in total. The molecule has 0 saturated heterocycles. The highest BCUT2D eigenvalue weighted by Gasteiger charge is 2.30. The van der Waals surface area contributed by atoms with Gasteiger partial charge in [0.05, 0.1) is 11.9 Å². The number of thiophene rings is 1. The maximum atomic E-state index is 12.9. The van der Waals surface area contributed by atoms with E-state index in [0.717, 1.165) is 66.2 Å². The summed E-state index contributed by atoms with van der Waals surface area (Å²) in [6, 6.07) is 6.33. The number of benzene rings is 1. The molecule has 1 N–H and O–H groups in total. The van der Waals surface area contributed by atoms with Crippen molar-refractivity contribution >= 4 is 45.2 Å². The van der Waals surface area contributed by atoms with Gasteiger partial charge in [-0.25, -0.2) is 9.97 Å². The summed E-state index contributed by atoms with van der Waals surface area (Å²) in [7, 11) is 0. The first-order valence-electron chi connectivity index (χ1n) is 10.6. The summed E-state index contributed by atoms with van der Waals surface area (Å²) in [5.41, 5.74) is 4.73. The minimum absolute atomic E-state index is 0.0748. The number of hydrogen-bond acceptors (Lipinski definition) is 6. The maximum absolute atomic E-state index is 12.9. The lowest BCUT2D eigenvalue weighted by atomic mass is 9.87. The average Bonchev–Trinajstić information content (AvgIpc) is 3.38. The van der Waals surface area contributed by atoms with Crippen molar-refractivity contribution in [2.75, 3.05) is 18.4 Å². The second-order valence-electron chi connectivity index (χ2n) is 7.86. The van der Waals surface area contributed by atoms with E-state index in [2.05, 4.69) is 38.5 Å². The van der Waals surface area contributed by atoms with Crippen LogP contribution >= 0.6 is 11.3 Å². The van der Waals surface area contributed by atoms with E-state index in [1.807, 2.05) is 25.0 Å². The summed E-state index contributed by atoms with van der Waals surface area (Å²) >= 11 is 1.71. The van der Waals surface area contributed by atoms with E-state index < -0.39 is 0 Å². The molecule has 154 valence electrons. The van der Waals surface area contributed by atoms with Crippen molar-refractivity contribution in [3.63, 3.8) is 0 Å². The SMILES string of the molecule is CCN(CC)C(=O)C1CCc2c(sc3ncnc(Nc4ccc5c(c4)C=NC5)c23)C1. The molecular formula is C23H25N5OS. The van der Waals surface area contributed by atoms with Gasteiger partial charge in [-0.05, 0) is 61.9 Å². The highest BCUT2D eigenvalue weighted by Crippen LogP contribution is 2.40. The second-order valence-corrected chi connectivity index (χ2v) is 8.95. The number of carbonyl (C=O) groups excluding carboxylic acids is 1. The number of aryl methyl sites for hydroxylation is 1. The molecule has 0 radical (unpaired) electrons. The average molecular weight is 420 g/mol. The van der Waals surface area contributed by atoms with E-state index in [1.54, 1.807) is 17.7 Å². The lowest BCUT2D eigenvalue weighted by molar-refractivity contribution is -0.135. The molecule has 0 saturated carbocycles. The van der Waals surface area contributed by atoms with E-state index in [0.29, 0.717) is 0 Å². The summed E-state index contributed by atoms with van der Waals surface area (Å²) in [5.74, 6) is 1.21. The summed E-state index contributed by atoms with van der Waals surface area (Å²) in [6.07, 6.45) is 6.14. The normalized spacial score (nSPS) is 17.1. The lowest BCUT2D eigenvalue weighted by Crippen LogP contribution is -2.37. The predicted molar refractivity (Wildman–Crippen MR) is 122 cm³/mol. The predicted octanol–water partition coefficient (Wildman–Crippen LogP) is 4.34. The van der Waals surface area contributed by atoms with Crippen LogP contribution in [0.25, 0.3) is 10.2 Å². The number of aliphatic imine (C=N–C) groups is 1. The fourth-order valence-corrected chi connectivity index (χ4v) is 5.79. The van der Waals surface area contributed by atoms with Crippen LogP contribution in [0.3, 0.4) is 0 Å². The van der Waals surface area contributed by atoms with Crippen molar-refractivity contribution in [2.24, 2.45) is 10.9 Å². The largest absolute Gasteiger partial charge is 0.343 e. The van der Waals surface area contributed by atoms with Crippen molar-refractivity contribution in [1.82, 2.24) is 14.9 Å². The number of nitrogens with one attached hydrogen (secondary N) is 1. The third kappa shape index (κ3) is 3.27. The number of anilines is 2. The molecule has 1 atom stereocenters. The number of rotatable bonds is 5. The van der Waals surface area contributed by atoms with Crippen LogP contribution in [0.15, 0.2) is 29.5 Å². The zero-order chi connectivity index (χ0) is 20.7. The summed E-state index contributed by atoms with van der Waals surface area (Å²) in [5, 5.41) is 4.61. The number of fused-ring (bicyclic) bond motifs is 4. The van der Waals surface area contributed by atoms with Crippen LogP contribution in [0, 0.1) is 5.92 Å². The summed E-state index contributed by atoms with van der Waals surface area (Å²) in [6.45, 7) is 6.41. The Bertz CT molecular complexity index is 1150. The lowest BCUT2D eigenvalue weighted by Gasteiger charge is -2.27. The van der Waals surface area contributed by atoms with Gasteiger partial charge in [0.25, 0.3) is 0 Å². The van der Waals surface area contributed by atoms with E-state index in [1.165, 1.54) is 16.0 Å². The number of carbonyl (C=O) groups is 1. The number of amides is 1. The quantitative estimate of drug-likeness (QED) is 0.668. The summed E-state index contributed by atoms with van der Waals surface area (Å²) in [4.78, 5) is 30.5. The second kappa shape index (κ2) is 7.80. The topological polar surface area (TPSA) is 70.5 Å². The Labute approximate surface area is 180 Å². The molecule has 0 fully saturated rings. The van der Waals surface area contributed by atoms with Crippen molar-refractivity contribution in [2.45, 2.75) is 39.7 Å². The number of nitrogens with zero attached hydrogens (tertiary/aromatic N) is 4. The van der Waals surface area contributed by atoms with Crippen molar-refractivity contribution in [1.29, 1.82) is 0 Å². The van der Waals surface area contributed by atoms with Crippen LogP contribution in [-0.4, -0.2) is 40.1 Å². The van der Waals surface area contributed by atoms with Crippen molar-refractivity contribution in [3.05, 3.63) is 46.1 Å². The van der Waals surface area contributed by atoms with Crippen LogP contribution in [0.5, 0.6) is 0 Å². The van der Waals surface area contributed by atoms with Gasteiger partial charge in [0.1, 0.15) is 17.0 Å².